The quantitative estimate of drug-likeness (QED) is 0.512. The van der Waals surface area contributed by atoms with E-state index < -0.39 is 12.2 Å². The number of aliphatic hydroxyl groups excluding tert-OH is 2. The van der Waals surface area contributed by atoms with Gasteiger partial charge in [-0.25, -0.2) is 4.79 Å². The number of carbonyl (C=O) groups excluding carboxylic acids is 1. The van der Waals surface area contributed by atoms with Crippen LogP contribution in [-0.4, -0.2) is 34.5 Å². The van der Waals surface area contributed by atoms with Crippen LogP contribution in [-0.2, 0) is 9.53 Å². The molecule has 0 aromatic heterocycles. The van der Waals surface area contributed by atoms with Gasteiger partial charge in [0, 0.05) is 17.9 Å². The van der Waals surface area contributed by atoms with Gasteiger partial charge in [-0.15, -0.1) is 0 Å². The minimum absolute atomic E-state index is 0.00935. The van der Waals surface area contributed by atoms with Crippen molar-refractivity contribution in [3.8, 4) is 0 Å². The van der Waals surface area contributed by atoms with Crippen LogP contribution in [0.1, 0.15) is 33.1 Å². The van der Waals surface area contributed by atoms with Crippen LogP contribution in [0.3, 0.4) is 0 Å². The number of carbonyl (C=O) groups is 1. The fraction of sp³-hybridized carbons (Fsp3) is 0.800. The second-order valence-corrected chi connectivity index (χ2v) is 6.84. The third kappa shape index (κ3) is 1.69. The number of ether oxygens (including phenoxy) is 1. The van der Waals surface area contributed by atoms with Gasteiger partial charge in [0.15, 0.2) is 0 Å². The molecule has 4 heteroatoms. The molecule has 1 aliphatic heterocycles. The predicted molar refractivity (Wildman–Crippen MR) is 69.1 cm³/mol. The van der Waals surface area contributed by atoms with E-state index in [2.05, 4.69) is 13.5 Å². The summed E-state index contributed by atoms with van der Waals surface area (Å²) in [6.45, 7) is 7.98. The highest BCUT2D eigenvalue weighted by Gasteiger charge is 2.58. The fourth-order valence-electron chi connectivity index (χ4n) is 4.73. The molecule has 0 amide bonds. The molecule has 0 aromatic carbocycles. The molecule has 1 saturated heterocycles. The molecule has 4 nitrogen and oxygen atoms in total. The molecule has 2 saturated carbocycles. The Bertz CT molecular complexity index is 432. The van der Waals surface area contributed by atoms with E-state index in [1.54, 1.807) is 0 Å². The normalized spacial score (nSPS) is 53.5. The number of aliphatic hydroxyl groups is 2. The molecule has 0 unspecified atom stereocenters. The van der Waals surface area contributed by atoms with E-state index in [1.165, 1.54) is 0 Å². The van der Waals surface area contributed by atoms with Gasteiger partial charge >= 0.3 is 5.97 Å². The van der Waals surface area contributed by atoms with Crippen LogP contribution in [0.15, 0.2) is 12.2 Å². The number of hydrogen-bond acceptors (Lipinski definition) is 4. The summed E-state index contributed by atoms with van der Waals surface area (Å²) in [4.78, 5) is 11.7. The lowest BCUT2D eigenvalue weighted by Gasteiger charge is -2.37. The van der Waals surface area contributed by atoms with Crippen LogP contribution in [0, 0.1) is 23.2 Å². The van der Waals surface area contributed by atoms with Gasteiger partial charge < -0.3 is 14.9 Å². The Morgan fingerprint density at radius 2 is 2.05 bits per heavy atom. The van der Waals surface area contributed by atoms with Gasteiger partial charge in [0.2, 0.25) is 0 Å². The summed E-state index contributed by atoms with van der Waals surface area (Å²) in [5.41, 5.74) is 0.183. The van der Waals surface area contributed by atoms with Gasteiger partial charge in [0.25, 0.3) is 0 Å². The van der Waals surface area contributed by atoms with Crippen molar-refractivity contribution >= 4 is 5.97 Å². The Labute approximate surface area is 113 Å². The van der Waals surface area contributed by atoms with Gasteiger partial charge in [0.1, 0.15) is 6.10 Å². The Hall–Kier alpha value is -0.870. The number of esters is 1. The van der Waals surface area contributed by atoms with E-state index in [4.69, 9.17) is 4.74 Å². The molecule has 3 fully saturated rings. The molecule has 19 heavy (non-hydrogen) atoms. The summed E-state index contributed by atoms with van der Waals surface area (Å²) in [5.74, 6) is -0.00682. The Morgan fingerprint density at radius 1 is 1.37 bits per heavy atom. The monoisotopic (exact) mass is 266 g/mol. The highest BCUT2D eigenvalue weighted by atomic mass is 16.6. The number of hydrogen-bond donors (Lipinski definition) is 2. The van der Waals surface area contributed by atoms with Crippen molar-refractivity contribution in [1.29, 1.82) is 0 Å². The maximum absolute atomic E-state index is 11.7. The second-order valence-electron chi connectivity index (χ2n) is 6.84. The van der Waals surface area contributed by atoms with E-state index in [0.717, 1.165) is 6.42 Å². The van der Waals surface area contributed by atoms with Crippen LogP contribution in [0.2, 0.25) is 0 Å². The summed E-state index contributed by atoms with van der Waals surface area (Å²) in [6.07, 6.45) is 0.755. The van der Waals surface area contributed by atoms with E-state index in [9.17, 15) is 15.0 Å². The van der Waals surface area contributed by atoms with Crippen LogP contribution in [0.25, 0.3) is 0 Å². The standard InChI is InChI=1S/C15H22O4/c1-7-4-11-9(8(2)14(18)19-11)6-15(3)12(17)5-10(16)13(7)15/h7,9-13,16-17H,2,4-6H2,1,3H3/t7-,9-,10-,11+,12+,13-,15+/m0/s1. The van der Waals surface area contributed by atoms with Crippen molar-refractivity contribution in [3.63, 3.8) is 0 Å². The molecule has 2 aliphatic carbocycles. The molecule has 3 rings (SSSR count). The molecule has 3 aliphatic rings. The van der Waals surface area contributed by atoms with Gasteiger partial charge in [-0.05, 0) is 30.1 Å². The molecule has 0 bridgehead atoms. The minimum Gasteiger partial charge on any atom is -0.458 e. The lowest BCUT2D eigenvalue weighted by atomic mass is 9.69. The first kappa shape index (κ1) is 13.1. The predicted octanol–water partition coefficient (Wildman–Crippen LogP) is 1.26. The first-order chi connectivity index (χ1) is 8.84. The zero-order valence-electron chi connectivity index (χ0n) is 11.5. The van der Waals surface area contributed by atoms with Crippen LogP contribution in [0.4, 0.5) is 0 Å². The molecular formula is C15H22O4. The Morgan fingerprint density at radius 3 is 2.74 bits per heavy atom. The highest BCUT2D eigenvalue weighted by molar-refractivity contribution is 5.90. The highest BCUT2D eigenvalue weighted by Crippen LogP contribution is 2.56. The topological polar surface area (TPSA) is 66.8 Å². The Kier molecular flexibility index (Phi) is 2.81. The Balaban J connectivity index is 1.98. The first-order valence-electron chi connectivity index (χ1n) is 7.10. The van der Waals surface area contributed by atoms with Crippen molar-refractivity contribution in [1.82, 2.24) is 0 Å². The van der Waals surface area contributed by atoms with Crippen LogP contribution < -0.4 is 0 Å². The fourth-order valence-corrected chi connectivity index (χ4v) is 4.73. The van der Waals surface area contributed by atoms with E-state index in [-0.39, 0.29) is 35.2 Å². The number of fused-ring (bicyclic) bond motifs is 2. The lowest BCUT2D eigenvalue weighted by molar-refractivity contribution is -0.139. The molecule has 0 aromatic rings. The largest absolute Gasteiger partial charge is 0.458 e. The van der Waals surface area contributed by atoms with Crippen molar-refractivity contribution in [2.75, 3.05) is 0 Å². The summed E-state index contributed by atoms with van der Waals surface area (Å²) in [6, 6.07) is 0. The summed E-state index contributed by atoms with van der Waals surface area (Å²) in [7, 11) is 0. The summed E-state index contributed by atoms with van der Waals surface area (Å²) < 4.78 is 5.41. The lowest BCUT2D eigenvalue weighted by Crippen LogP contribution is -2.37. The molecule has 0 radical (unpaired) electrons. The molecule has 1 heterocycles. The second kappa shape index (κ2) is 4.06. The maximum Gasteiger partial charge on any atom is 0.334 e. The van der Waals surface area contributed by atoms with Crippen molar-refractivity contribution in [2.45, 2.75) is 51.4 Å². The SMILES string of the molecule is C=C1C(=O)O[C@@H]2C[C@H](C)[C@H]3[C@@H](O)C[C@@H](O)[C@@]3(C)C[C@@H]12. The zero-order valence-corrected chi connectivity index (χ0v) is 11.5. The smallest absolute Gasteiger partial charge is 0.334 e. The summed E-state index contributed by atoms with van der Waals surface area (Å²) >= 11 is 0. The van der Waals surface area contributed by atoms with Crippen molar-refractivity contribution in [3.05, 3.63) is 12.2 Å². The third-order valence-electron chi connectivity index (χ3n) is 5.70. The van der Waals surface area contributed by atoms with E-state index in [0.29, 0.717) is 18.4 Å². The maximum atomic E-state index is 11.7. The van der Waals surface area contributed by atoms with Gasteiger partial charge in [0.05, 0.1) is 12.2 Å². The van der Waals surface area contributed by atoms with Crippen molar-refractivity contribution < 1.29 is 19.7 Å². The molecule has 2 N–H and O–H groups in total. The third-order valence-corrected chi connectivity index (χ3v) is 5.70. The summed E-state index contributed by atoms with van der Waals surface area (Å²) in [5, 5.41) is 20.6. The van der Waals surface area contributed by atoms with Crippen molar-refractivity contribution in [2.24, 2.45) is 23.2 Å². The average molecular weight is 266 g/mol. The van der Waals surface area contributed by atoms with E-state index in [1.807, 2.05) is 6.92 Å². The molecule has 7 atom stereocenters. The average Bonchev–Trinajstić information content (AvgIpc) is 2.63. The molecular weight excluding hydrogens is 244 g/mol. The molecule has 106 valence electrons. The van der Waals surface area contributed by atoms with Gasteiger partial charge in [-0.1, -0.05) is 20.4 Å². The molecule has 0 spiro atoms. The van der Waals surface area contributed by atoms with Gasteiger partial charge in [-0.3, -0.25) is 0 Å². The number of rotatable bonds is 0. The zero-order chi connectivity index (χ0) is 13.9. The van der Waals surface area contributed by atoms with Crippen LogP contribution >= 0.6 is 0 Å². The minimum atomic E-state index is -0.516. The first-order valence-corrected chi connectivity index (χ1v) is 7.10. The van der Waals surface area contributed by atoms with Crippen LogP contribution in [0.5, 0.6) is 0 Å². The van der Waals surface area contributed by atoms with E-state index >= 15 is 0 Å². The van der Waals surface area contributed by atoms with Gasteiger partial charge in [-0.2, -0.15) is 0 Å².